The van der Waals surface area contributed by atoms with Gasteiger partial charge in [0.1, 0.15) is 29.9 Å². The summed E-state index contributed by atoms with van der Waals surface area (Å²) < 4.78 is 14.9. The number of likely N-dealkylation sites (tertiary alicyclic amines) is 1. The lowest BCUT2D eigenvalue weighted by molar-refractivity contribution is -0.165. The van der Waals surface area contributed by atoms with Crippen LogP contribution >= 0.6 is 15.9 Å². The van der Waals surface area contributed by atoms with E-state index in [1.54, 1.807) is 33.7 Å². The first-order valence-corrected chi connectivity index (χ1v) is 20.5. The molecule has 0 aliphatic carbocycles. The lowest BCUT2D eigenvalue weighted by Crippen LogP contribution is -2.59. The Hall–Kier alpha value is -5.18. The van der Waals surface area contributed by atoms with Crippen LogP contribution in [0.4, 0.5) is 0 Å². The molecule has 1 N–H and O–H groups in total. The number of allylic oxidation sites excluding steroid dienone is 1. The third-order valence-corrected chi connectivity index (χ3v) is 12.8. The number of hydrogen-bond acceptors (Lipinski definition) is 9. The number of aliphatic hydroxyl groups is 1. The van der Waals surface area contributed by atoms with Crippen LogP contribution < -0.4 is 0 Å². The molecule has 2 bridgehead atoms. The summed E-state index contributed by atoms with van der Waals surface area (Å²) in [5, 5.41) is 19.6. The van der Waals surface area contributed by atoms with Crippen molar-refractivity contribution in [2.75, 3.05) is 20.2 Å². The summed E-state index contributed by atoms with van der Waals surface area (Å²) in [6, 6.07) is 23.4. The van der Waals surface area contributed by atoms with Gasteiger partial charge in [-0.25, -0.2) is 4.68 Å². The average molecular weight is 854 g/mol. The van der Waals surface area contributed by atoms with Crippen molar-refractivity contribution in [2.24, 2.45) is 11.8 Å². The van der Waals surface area contributed by atoms with Crippen LogP contribution in [0.1, 0.15) is 43.4 Å². The number of hydrogen-bond donors (Lipinski definition) is 1. The van der Waals surface area contributed by atoms with Gasteiger partial charge in [-0.05, 0) is 49.4 Å². The number of amides is 3. The highest BCUT2D eigenvalue weighted by Gasteiger charge is 2.77. The molecule has 3 aliphatic rings. The van der Waals surface area contributed by atoms with Crippen molar-refractivity contribution in [3.05, 3.63) is 121 Å². The number of carbonyl (C=O) groups excluding carboxylic acids is 4. The Morgan fingerprint density at radius 3 is 2.43 bits per heavy atom. The molecule has 14 heteroatoms. The summed E-state index contributed by atoms with van der Waals surface area (Å²) in [7, 11) is 1.68. The number of para-hydroxylation sites is 1. The van der Waals surface area contributed by atoms with E-state index in [0.29, 0.717) is 23.0 Å². The molecular weight excluding hydrogens is 804 g/mol. The molecule has 0 radical (unpaired) electrons. The van der Waals surface area contributed by atoms with E-state index < -0.39 is 77.0 Å². The van der Waals surface area contributed by atoms with E-state index in [2.05, 4.69) is 39.4 Å². The van der Waals surface area contributed by atoms with Crippen LogP contribution in [-0.2, 0) is 41.7 Å². The first-order chi connectivity index (χ1) is 28.0. The molecule has 58 heavy (non-hydrogen) atoms. The molecule has 4 aromatic rings. The number of aromatic nitrogens is 3. The molecule has 3 aliphatic heterocycles. The summed E-state index contributed by atoms with van der Waals surface area (Å²) >= 11 is 3.77. The largest absolute Gasteiger partial charge is 0.455 e. The third kappa shape index (κ3) is 7.48. The second-order valence-electron chi connectivity index (χ2n) is 15.3. The van der Waals surface area contributed by atoms with E-state index in [9.17, 15) is 14.7 Å². The highest BCUT2D eigenvalue weighted by molar-refractivity contribution is 9.09. The van der Waals surface area contributed by atoms with Gasteiger partial charge in [0.2, 0.25) is 17.7 Å². The van der Waals surface area contributed by atoms with Gasteiger partial charge in [0.15, 0.2) is 0 Å². The molecular formula is C44H49BrN6O7. The number of nitrogens with zero attached hydrogens (tertiary/aromatic N) is 6. The highest BCUT2D eigenvalue weighted by Crippen LogP contribution is 2.61. The summed E-state index contributed by atoms with van der Waals surface area (Å²) in [4.78, 5) is 62.6. The van der Waals surface area contributed by atoms with Gasteiger partial charge in [-0.3, -0.25) is 19.2 Å². The molecule has 13 nitrogen and oxygen atoms in total. The van der Waals surface area contributed by atoms with Crippen LogP contribution in [0, 0.1) is 11.8 Å². The molecule has 3 amide bonds. The first-order valence-electron chi connectivity index (χ1n) is 19.6. The molecule has 4 heterocycles. The molecule has 0 saturated carbocycles. The number of esters is 1. The van der Waals surface area contributed by atoms with E-state index in [1.807, 2.05) is 91.9 Å². The lowest BCUT2D eigenvalue weighted by Gasteiger charge is -2.39. The zero-order valence-electron chi connectivity index (χ0n) is 32.7. The number of aliphatic hydroxyl groups excluding tert-OH is 1. The van der Waals surface area contributed by atoms with Crippen molar-refractivity contribution >= 4 is 50.7 Å². The van der Waals surface area contributed by atoms with Gasteiger partial charge < -0.3 is 29.3 Å². The molecule has 1 unspecified atom stereocenters. The minimum absolute atomic E-state index is 0.00452. The maximum absolute atomic E-state index is 15.3. The first kappa shape index (κ1) is 41.0. The van der Waals surface area contributed by atoms with Crippen LogP contribution in [0.25, 0.3) is 11.0 Å². The van der Waals surface area contributed by atoms with Gasteiger partial charge in [-0.15, -0.1) is 18.3 Å². The summed E-state index contributed by atoms with van der Waals surface area (Å²) in [6.07, 6.45) is 2.85. The number of benzene rings is 3. The van der Waals surface area contributed by atoms with Crippen LogP contribution in [0.3, 0.4) is 0 Å². The Bertz CT molecular complexity index is 2150. The monoisotopic (exact) mass is 852 g/mol. The molecule has 1 aromatic heterocycles. The van der Waals surface area contributed by atoms with Gasteiger partial charge in [0, 0.05) is 24.8 Å². The Balaban J connectivity index is 1.27. The number of fused-ring (bicyclic) bond motifs is 2. The molecule has 3 saturated heterocycles. The van der Waals surface area contributed by atoms with Crippen molar-refractivity contribution in [2.45, 2.75) is 80.0 Å². The highest BCUT2D eigenvalue weighted by atomic mass is 79.9. The zero-order chi connectivity index (χ0) is 41.1. The Labute approximate surface area is 346 Å². The summed E-state index contributed by atoms with van der Waals surface area (Å²) in [5.41, 5.74) is 1.46. The van der Waals surface area contributed by atoms with E-state index in [0.717, 1.165) is 5.56 Å². The third-order valence-electron chi connectivity index (χ3n) is 11.9. The summed E-state index contributed by atoms with van der Waals surface area (Å²) in [5.74, 6) is -3.92. The van der Waals surface area contributed by atoms with E-state index >= 15 is 9.59 Å². The number of alkyl halides is 1. The maximum atomic E-state index is 15.3. The van der Waals surface area contributed by atoms with Crippen LogP contribution in [0.2, 0.25) is 0 Å². The van der Waals surface area contributed by atoms with Gasteiger partial charge in [-0.1, -0.05) is 106 Å². The normalized spacial score (nSPS) is 24.9. The Morgan fingerprint density at radius 1 is 1.05 bits per heavy atom. The molecule has 7 rings (SSSR count). The molecule has 1 spiro atoms. The zero-order valence-corrected chi connectivity index (χ0v) is 34.3. The number of carbonyl (C=O) groups is 4. The smallest absolute Gasteiger partial charge is 0.313 e. The molecule has 3 fully saturated rings. The number of likely N-dealkylation sites (N-methyl/N-ethyl adjacent to an activating group) is 1. The van der Waals surface area contributed by atoms with Crippen molar-refractivity contribution in [3.63, 3.8) is 0 Å². The van der Waals surface area contributed by atoms with E-state index in [-0.39, 0.29) is 38.4 Å². The minimum atomic E-state index is -1.45. The number of halogens is 1. The fourth-order valence-corrected chi connectivity index (χ4v) is 9.94. The van der Waals surface area contributed by atoms with Gasteiger partial charge in [-0.2, -0.15) is 0 Å². The number of ether oxygens (including phenoxy) is 2. The quantitative estimate of drug-likeness (QED) is 0.0895. The van der Waals surface area contributed by atoms with Crippen LogP contribution in [0.5, 0.6) is 0 Å². The second kappa shape index (κ2) is 17.4. The predicted octanol–water partition coefficient (Wildman–Crippen LogP) is 4.85. The SMILES string of the molecule is C=CCCC(=O)N(C)[C@H](C)[C@H](OC(=O)[C@@H]1[C@H]2O[C@@]3(CC2Br)[C@H](C(=O)N(CC=C)Cn2nnc4ccccc42)N([C@@H](CO)Cc2ccccc2)C(=O)[C@@H]13)c1ccccc1. The van der Waals surface area contributed by atoms with Gasteiger partial charge in [0.25, 0.3) is 0 Å². The fourth-order valence-electron chi connectivity index (χ4n) is 9.00. The van der Waals surface area contributed by atoms with Crippen molar-refractivity contribution < 1.29 is 33.8 Å². The maximum Gasteiger partial charge on any atom is 0.313 e. The van der Waals surface area contributed by atoms with Crippen LogP contribution in [-0.4, -0.2) is 113 Å². The molecule has 304 valence electrons. The standard InChI is InChI=1S/C44H49BrN6O7/c1-5-7-22-35(53)48(4)28(3)38(30-18-12-9-13-19-30)57-43(56)36-37-41(54)51(31(26-52)24-29-16-10-8-11-17-29)40(44(37)25-32(45)39(36)58-44)42(55)49(23-6-2)27-50-34-21-15-14-20-33(34)46-47-50/h5-6,8-21,28,31-32,36-40,52H,1-2,7,22-27H2,3-4H3/t28-,31-,32?,36+,37-,38+,39+,40+,44-/m1/s1. The lowest BCUT2D eigenvalue weighted by atomic mass is 9.70. The Morgan fingerprint density at radius 2 is 1.74 bits per heavy atom. The predicted molar refractivity (Wildman–Crippen MR) is 220 cm³/mol. The van der Waals surface area contributed by atoms with Crippen molar-refractivity contribution in [1.82, 2.24) is 29.7 Å². The van der Waals surface area contributed by atoms with Gasteiger partial charge >= 0.3 is 5.97 Å². The van der Waals surface area contributed by atoms with E-state index in [1.165, 1.54) is 4.90 Å². The molecule has 9 atom stereocenters. The average Bonchev–Trinajstić information content (AvgIpc) is 3.97. The number of rotatable bonds is 17. The fraction of sp³-hybridized carbons (Fsp3) is 0.409. The van der Waals surface area contributed by atoms with Crippen molar-refractivity contribution in [1.29, 1.82) is 0 Å². The van der Waals surface area contributed by atoms with Gasteiger partial charge in [0.05, 0.1) is 42.1 Å². The Kier molecular flexibility index (Phi) is 12.3. The topological polar surface area (TPSA) is 147 Å². The molecule has 3 aromatic carbocycles. The van der Waals surface area contributed by atoms with E-state index in [4.69, 9.17) is 9.47 Å². The summed E-state index contributed by atoms with van der Waals surface area (Å²) in [6.45, 7) is 9.13. The minimum Gasteiger partial charge on any atom is -0.455 e. The second-order valence-corrected chi connectivity index (χ2v) is 16.5. The van der Waals surface area contributed by atoms with Crippen molar-refractivity contribution in [3.8, 4) is 0 Å². The van der Waals surface area contributed by atoms with Crippen LogP contribution in [0.15, 0.2) is 110 Å².